The molecule has 5 aromatic rings. The van der Waals surface area contributed by atoms with Crippen molar-refractivity contribution >= 4 is 17.0 Å². The third-order valence-corrected chi connectivity index (χ3v) is 5.07. The molecule has 5 rings (SSSR count). The quantitative estimate of drug-likeness (QED) is 0.412. The number of nitrogens with zero attached hydrogens (tertiary/aromatic N) is 6. The average molecular weight is 434 g/mol. The highest BCUT2D eigenvalue weighted by atomic mass is 15.1. The number of nitriles is 1. The van der Waals surface area contributed by atoms with Gasteiger partial charge in [-0.1, -0.05) is 31.5 Å². The molecule has 7 nitrogen and oxygen atoms in total. The van der Waals surface area contributed by atoms with E-state index in [0.717, 1.165) is 16.8 Å². The fraction of sp³-hybridized carbons (Fsp3) is 0.115. The van der Waals surface area contributed by atoms with Gasteiger partial charge in [-0.2, -0.15) is 5.26 Å². The van der Waals surface area contributed by atoms with Crippen molar-refractivity contribution in [3.05, 3.63) is 84.3 Å². The van der Waals surface area contributed by atoms with Gasteiger partial charge in [-0.3, -0.25) is 4.57 Å². The topological polar surface area (TPSA) is 106 Å². The lowest BCUT2D eigenvalue weighted by molar-refractivity contribution is 1.07. The van der Waals surface area contributed by atoms with Crippen LogP contribution in [0.1, 0.15) is 25.1 Å². The first-order valence-corrected chi connectivity index (χ1v) is 10.7. The molecule has 2 N–H and O–H groups in total. The molecule has 7 heteroatoms. The molecule has 1 aromatic carbocycles. The van der Waals surface area contributed by atoms with Crippen molar-refractivity contribution in [2.24, 2.45) is 0 Å². The highest BCUT2D eigenvalue weighted by molar-refractivity contribution is 5.84. The van der Waals surface area contributed by atoms with E-state index in [4.69, 9.17) is 15.7 Å². The molecule has 4 aromatic heterocycles. The van der Waals surface area contributed by atoms with Gasteiger partial charge in [0, 0.05) is 23.6 Å². The Morgan fingerprint density at radius 1 is 0.848 bits per heavy atom. The lowest BCUT2D eigenvalue weighted by atomic mass is 10.1. The summed E-state index contributed by atoms with van der Waals surface area (Å²) in [6, 6.07) is 21.4. The van der Waals surface area contributed by atoms with Gasteiger partial charge in [0.05, 0.1) is 11.3 Å². The molecule has 0 saturated carbocycles. The highest BCUT2D eigenvalue weighted by Gasteiger charge is 2.19. The zero-order chi connectivity index (χ0) is 23.4. The van der Waals surface area contributed by atoms with Gasteiger partial charge in [0.25, 0.3) is 0 Å². The lowest BCUT2D eigenvalue weighted by Crippen LogP contribution is -2.02. The van der Waals surface area contributed by atoms with Crippen molar-refractivity contribution in [2.45, 2.75) is 20.8 Å². The zero-order valence-corrected chi connectivity index (χ0v) is 18.7. The maximum absolute atomic E-state index is 9.46. The minimum atomic E-state index is 0.326. The molecule has 4 heterocycles. The number of hydrogen-bond acceptors (Lipinski definition) is 6. The van der Waals surface area contributed by atoms with Crippen LogP contribution in [0.4, 0.5) is 5.82 Å². The Bertz CT molecular complexity index is 1460. The molecule has 0 aliphatic carbocycles. The molecule has 0 radical (unpaired) electrons. The summed E-state index contributed by atoms with van der Waals surface area (Å²) < 4.78 is 1.97. The molecule has 162 valence electrons. The first-order chi connectivity index (χ1) is 16.2. The molecular formula is C26H23N7. The maximum atomic E-state index is 9.46. The Kier molecular flexibility index (Phi) is 6.09. The van der Waals surface area contributed by atoms with E-state index in [1.165, 1.54) is 0 Å². The summed E-state index contributed by atoms with van der Waals surface area (Å²) in [5.41, 5.74) is 12.0. The van der Waals surface area contributed by atoms with Crippen LogP contribution in [0.5, 0.6) is 0 Å². The van der Waals surface area contributed by atoms with Crippen molar-refractivity contribution in [1.82, 2.24) is 24.5 Å². The van der Waals surface area contributed by atoms with Gasteiger partial charge < -0.3 is 5.73 Å². The van der Waals surface area contributed by atoms with E-state index in [9.17, 15) is 5.26 Å². The second-order valence-electron chi connectivity index (χ2n) is 7.09. The van der Waals surface area contributed by atoms with Gasteiger partial charge in [-0.05, 0) is 55.5 Å². The molecule has 0 bridgehead atoms. The summed E-state index contributed by atoms with van der Waals surface area (Å²) in [6.07, 6.45) is 3.25. The standard InChI is InChI=1S/C24H17N7.C2H6/c1-15-6-8-16(9-7-15)31-23(18-5-3-13-28-22(18)26)30-20-11-10-19(29-24(20)31)17-4-2-12-27-21(17)14-25;1-2/h2-13H,1H3,(H2,26,28);1-2H3. The average Bonchev–Trinajstić information content (AvgIpc) is 3.24. The van der Waals surface area contributed by atoms with Gasteiger partial charge in [-0.25, -0.2) is 19.9 Å². The summed E-state index contributed by atoms with van der Waals surface area (Å²) >= 11 is 0. The van der Waals surface area contributed by atoms with E-state index in [1.807, 2.05) is 79.9 Å². The largest absolute Gasteiger partial charge is 0.383 e. The van der Waals surface area contributed by atoms with Crippen molar-refractivity contribution < 1.29 is 0 Å². The number of nitrogens with two attached hydrogens (primary N) is 1. The highest BCUT2D eigenvalue weighted by Crippen LogP contribution is 2.32. The van der Waals surface area contributed by atoms with Crippen molar-refractivity contribution in [3.63, 3.8) is 0 Å². The summed E-state index contributed by atoms with van der Waals surface area (Å²) in [5, 5.41) is 9.46. The van der Waals surface area contributed by atoms with Crippen molar-refractivity contribution in [3.8, 4) is 34.4 Å². The van der Waals surface area contributed by atoms with Crippen LogP contribution in [-0.2, 0) is 0 Å². The Labute approximate surface area is 192 Å². The minimum Gasteiger partial charge on any atom is -0.383 e. The molecule has 0 fully saturated rings. The van der Waals surface area contributed by atoms with Gasteiger partial charge >= 0.3 is 0 Å². The Hall–Kier alpha value is -4.57. The van der Waals surface area contributed by atoms with Crippen LogP contribution in [0.3, 0.4) is 0 Å². The molecule has 0 unspecified atom stereocenters. The third-order valence-electron chi connectivity index (χ3n) is 5.07. The second kappa shape index (κ2) is 9.28. The SMILES string of the molecule is CC.Cc1ccc(-n2c(-c3cccnc3N)nc3ccc(-c4cccnc4C#N)nc32)cc1. The van der Waals surface area contributed by atoms with Crippen LogP contribution in [0.2, 0.25) is 0 Å². The summed E-state index contributed by atoms with van der Waals surface area (Å²) in [4.78, 5) is 18.1. The van der Waals surface area contributed by atoms with Crippen LogP contribution in [-0.4, -0.2) is 24.5 Å². The van der Waals surface area contributed by atoms with E-state index in [-0.39, 0.29) is 0 Å². The Morgan fingerprint density at radius 2 is 1.55 bits per heavy atom. The van der Waals surface area contributed by atoms with E-state index in [0.29, 0.717) is 39.8 Å². The Morgan fingerprint density at radius 3 is 2.24 bits per heavy atom. The van der Waals surface area contributed by atoms with Crippen LogP contribution < -0.4 is 5.73 Å². The fourth-order valence-corrected chi connectivity index (χ4v) is 3.53. The molecule has 0 aliphatic rings. The maximum Gasteiger partial charge on any atom is 0.165 e. The number of aromatic nitrogens is 5. The minimum absolute atomic E-state index is 0.326. The number of pyridine rings is 3. The number of nitrogen functional groups attached to an aromatic ring is 1. The molecule has 0 atom stereocenters. The first kappa shape index (κ1) is 21.7. The predicted octanol–water partition coefficient (Wildman–Crippen LogP) is 5.33. The second-order valence-corrected chi connectivity index (χ2v) is 7.09. The molecule has 0 saturated heterocycles. The number of anilines is 1. The molecular weight excluding hydrogens is 410 g/mol. The lowest BCUT2D eigenvalue weighted by Gasteiger charge is -2.11. The van der Waals surface area contributed by atoms with Gasteiger partial charge in [0.2, 0.25) is 0 Å². The van der Waals surface area contributed by atoms with Crippen LogP contribution in [0.15, 0.2) is 73.1 Å². The summed E-state index contributed by atoms with van der Waals surface area (Å²) in [7, 11) is 0. The smallest absolute Gasteiger partial charge is 0.165 e. The molecule has 0 amide bonds. The predicted molar refractivity (Wildman–Crippen MR) is 131 cm³/mol. The molecule has 0 aliphatic heterocycles. The number of benzene rings is 1. The van der Waals surface area contributed by atoms with E-state index in [1.54, 1.807) is 18.5 Å². The normalized spacial score (nSPS) is 10.4. The third kappa shape index (κ3) is 4.02. The van der Waals surface area contributed by atoms with Crippen LogP contribution in [0, 0.1) is 18.3 Å². The Balaban J connectivity index is 0.00000126. The van der Waals surface area contributed by atoms with Crippen LogP contribution >= 0.6 is 0 Å². The monoisotopic (exact) mass is 433 g/mol. The number of aryl methyl sites for hydroxylation is 1. The van der Waals surface area contributed by atoms with Gasteiger partial charge in [-0.15, -0.1) is 0 Å². The molecule has 0 spiro atoms. The van der Waals surface area contributed by atoms with Gasteiger partial charge in [0.15, 0.2) is 11.5 Å². The van der Waals surface area contributed by atoms with E-state index >= 15 is 0 Å². The number of hydrogen-bond donors (Lipinski definition) is 1. The summed E-state index contributed by atoms with van der Waals surface area (Å²) in [5.74, 6) is 1.05. The fourth-order valence-electron chi connectivity index (χ4n) is 3.53. The number of fused-ring (bicyclic) bond motifs is 1. The number of imidazole rings is 1. The first-order valence-electron chi connectivity index (χ1n) is 10.7. The van der Waals surface area contributed by atoms with Crippen LogP contribution in [0.25, 0.3) is 39.5 Å². The summed E-state index contributed by atoms with van der Waals surface area (Å²) in [6.45, 7) is 6.04. The van der Waals surface area contributed by atoms with Gasteiger partial charge in [0.1, 0.15) is 23.1 Å². The van der Waals surface area contributed by atoms with E-state index < -0.39 is 0 Å². The molecule has 33 heavy (non-hydrogen) atoms. The van der Waals surface area contributed by atoms with Crippen molar-refractivity contribution in [1.29, 1.82) is 5.26 Å². The van der Waals surface area contributed by atoms with Crippen molar-refractivity contribution in [2.75, 3.05) is 5.73 Å². The zero-order valence-electron chi connectivity index (χ0n) is 18.7. The van der Waals surface area contributed by atoms with E-state index in [2.05, 4.69) is 16.0 Å². The number of rotatable bonds is 3.